The minimum Gasteiger partial charge on any atom is -0.495 e. The number of aliphatic hydroxyl groups excluding tert-OH is 1. The third kappa shape index (κ3) is 6.37. The lowest BCUT2D eigenvalue weighted by Gasteiger charge is -2.40. The summed E-state index contributed by atoms with van der Waals surface area (Å²) in [6.07, 6.45) is 5.70. The minimum atomic E-state index is -0.433. The molecule has 2 amide bonds. The van der Waals surface area contributed by atoms with Crippen LogP contribution in [0.4, 0.5) is 14.9 Å². The largest absolute Gasteiger partial charge is 0.495 e. The Kier molecular flexibility index (Phi) is 8.24. The van der Waals surface area contributed by atoms with E-state index in [0.717, 1.165) is 38.8 Å². The van der Waals surface area contributed by atoms with Crippen molar-refractivity contribution >= 4 is 23.3 Å². The normalized spacial score (nSPS) is 25.5. The molecule has 0 unspecified atom stereocenters. The Balaban J connectivity index is 1.46. The first-order valence-corrected chi connectivity index (χ1v) is 12.2. The number of carbonyl (C=O) groups excluding carboxylic acids is 1. The highest BCUT2D eigenvalue weighted by Crippen LogP contribution is 2.32. The number of anilines is 1. The van der Waals surface area contributed by atoms with E-state index in [1.807, 2.05) is 0 Å². The smallest absolute Gasteiger partial charge is 0.319 e. The molecule has 3 N–H and O–H groups in total. The number of methoxy groups -OCH3 is 1. The van der Waals surface area contributed by atoms with Crippen LogP contribution in [0.15, 0.2) is 36.5 Å². The van der Waals surface area contributed by atoms with E-state index in [-0.39, 0.29) is 24.1 Å². The number of nitrogens with zero attached hydrogens (tertiary/aromatic N) is 2. The molecule has 2 aliphatic rings. The zero-order valence-electron chi connectivity index (χ0n) is 19.3. The lowest BCUT2D eigenvalue weighted by molar-refractivity contribution is 0.0834. The van der Waals surface area contributed by atoms with Crippen LogP contribution in [0, 0.1) is 11.7 Å². The van der Waals surface area contributed by atoms with Gasteiger partial charge in [0.1, 0.15) is 11.6 Å². The average molecular weight is 491 g/mol. The van der Waals surface area contributed by atoms with Crippen LogP contribution in [0.1, 0.15) is 43.7 Å². The molecule has 0 radical (unpaired) electrons. The summed E-state index contributed by atoms with van der Waals surface area (Å²) < 4.78 is 20.1. The van der Waals surface area contributed by atoms with Gasteiger partial charge in [0.05, 0.1) is 25.1 Å². The number of benzene rings is 1. The Morgan fingerprint density at radius 1 is 1.24 bits per heavy atom. The molecule has 34 heavy (non-hydrogen) atoms. The maximum atomic E-state index is 15.0. The van der Waals surface area contributed by atoms with Gasteiger partial charge in [0.15, 0.2) is 0 Å². The topological polar surface area (TPSA) is 86.7 Å². The Morgan fingerprint density at radius 3 is 2.65 bits per heavy atom. The number of hydrogen-bond donors (Lipinski definition) is 3. The second-order valence-corrected chi connectivity index (χ2v) is 9.72. The number of aliphatic hydroxyl groups is 1. The number of hydrogen-bond acceptors (Lipinski definition) is 5. The van der Waals surface area contributed by atoms with Crippen molar-refractivity contribution in [2.24, 2.45) is 5.92 Å². The standard InChI is InChI=1S/C25H32ClFN4O3/c1-34-20-12-22(27)24(28-13-20)21-15-31(14-16-2-8-19(32)9-3-16)11-10-23(21)30-25(33)29-18-6-4-17(26)5-7-18/h4-7,12-13,16,19,21,23,32H,2-3,8-11,14-15H2,1H3,(H2,29,30,33)/t16?,19?,21-,23-/m1/s1. The van der Waals surface area contributed by atoms with Crippen molar-refractivity contribution in [3.05, 3.63) is 53.1 Å². The van der Waals surface area contributed by atoms with Crippen LogP contribution in [0.3, 0.4) is 0 Å². The van der Waals surface area contributed by atoms with Crippen molar-refractivity contribution in [1.82, 2.24) is 15.2 Å². The maximum Gasteiger partial charge on any atom is 0.319 e. The first-order valence-electron chi connectivity index (χ1n) is 11.8. The molecule has 7 nitrogen and oxygen atoms in total. The highest BCUT2D eigenvalue weighted by Gasteiger charge is 2.35. The van der Waals surface area contributed by atoms with E-state index in [4.69, 9.17) is 16.3 Å². The number of nitrogens with one attached hydrogen (secondary N) is 2. The number of carbonyl (C=O) groups is 1. The molecule has 1 aromatic heterocycles. The van der Waals surface area contributed by atoms with Crippen LogP contribution in [-0.4, -0.2) is 59.9 Å². The van der Waals surface area contributed by atoms with Crippen molar-refractivity contribution in [3.8, 4) is 5.75 Å². The fraction of sp³-hybridized carbons (Fsp3) is 0.520. The molecule has 2 atom stereocenters. The summed E-state index contributed by atoms with van der Waals surface area (Å²) in [6, 6.07) is 7.60. The molecule has 0 bridgehead atoms. The molecule has 2 fully saturated rings. The third-order valence-corrected chi connectivity index (χ3v) is 7.13. The Hall–Kier alpha value is -2.42. The predicted octanol–water partition coefficient (Wildman–Crippen LogP) is 4.41. The fourth-order valence-electron chi connectivity index (χ4n) is 5.01. The maximum absolute atomic E-state index is 15.0. The second-order valence-electron chi connectivity index (χ2n) is 9.28. The van der Waals surface area contributed by atoms with Crippen LogP contribution in [0.5, 0.6) is 5.75 Å². The van der Waals surface area contributed by atoms with Crippen molar-refractivity contribution < 1.29 is 19.0 Å². The summed E-state index contributed by atoms with van der Waals surface area (Å²) in [5.41, 5.74) is 0.963. The average Bonchev–Trinajstić information content (AvgIpc) is 2.83. The molecule has 1 saturated carbocycles. The van der Waals surface area contributed by atoms with Gasteiger partial charge in [-0.05, 0) is 62.3 Å². The summed E-state index contributed by atoms with van der Waals surface area (Å²) >= 11 is 5.92. The number of aromatic nitrogens is 1. The number of amides is 2. The number of pyridine rings is 1. The number of urea groups is 1. The van der Waals surface area contributed by atoms with Crippen LogP contribution in [-0.2, 0) is 0 Å². The van der Waals surface area contributed by atoms with Gasteiger partial charge in [-0.25, -0.2) is 9.18 Å². The number of piperidine rings is 1. The molecule has 2 heterocycles. The molecule has 1 aromatic carbocycles. The Labute approximate surface area is 204 Å². The highest BCUT2D eigenvalue weighted by molar-refractivity contribution is 6.30. The van der Waals surface area contributed by atoms with E-state index in [2.05, 4.69) is 20.5 Å². The van der Waals surface area contributed by atoms with E-state index in [1.165, 1.54) is 19.4 Å². The Morgan fingerprint density at radius 2 is 1.97 bits per heavy atom. The molecular weight excluding hydrogens is 459 g/mol. The van der Waals surface area contributed by atoms with Crippen LogP contribution >= 0.6 is 11.6 Å². The molecule has 184 valence electrons. The number of likely N-dealkylation sites (tertiary alicyclic amines) is 1. The minimum absolute atomic E-state index is 0.185. The SMILES string of the molecule is COc1cnc([C@@H]2CN(CC3CCC(O)CC3)CC[C@H]2NC(=O)Nc2ccc(Cl)cc2)c(F)c1. The van der Waals surface area contributed by atoms with Gasteiger partial charge >= 0.3 is 6.03 Å². The van der Waals surface area contributed by atoms with E-state index >= 15 is 4.39 Å². The van der Waals surface area contributed by atoms with Crippen molar-refractivity contribution in [2.45, 2.75) is 50.2 Å². The molecule has 1 saturated heterocycles. The molecule has 4 rings (SSSR count). The van der Waals surface area contributed by atoms with Crippen molar-refractivity contribution in [3.63, 3.8) is 0 Å². The Bertz CT molecular complexity index is 969. The quantitative estimate of drug-likeness (QED) is 0.558. The highest BCUT2D eigenvalue weighted by atomic mass is 35.5. The number of rotatable bonds is 6. The van der Waals surface area contributed by atoms with Gasteiger partial charge in [-0.15, -0.1) is 0 Å². The van der Waals surface area contributed by atoms with Gasteiger partial charge < -0.3 is 25.4 Å². The lowest BCUT2D eigenvalue weighted by atomic mass is 9.84. The number of ether oxygens (including phenoxy) is 1. The molecular formula is C25H32ClFN4O3. The first kappa shape index (κ1) is 24.7. The molecule has 2 aromatic rings. The molecule has 1 aliphatic heterocycles. The van der Waals surface area contributed by atoms with Crippen LogP contribution < -0.4 is 15.4 Å². The van der Waals surface area contributed by atoms with Crippen molar-refractivity contribution in [1.29, 1.82) is 0 Å². The van der Waals surface area contributed by atoms with Crippen LogP contribution in [0.25, 0.3) is 0 Å². The van der Waals surface area contributed by atoms with Crippen LogP contribution in [0.2, 0.25) is 5.02 Å². The van der Waals surface area contributed by atoms with E-state index in [1.54, 1.807) is 24.3 Å². The summed E-state index contributed by atoms with van der Waals surface area (Å²) in [5.74, 6) is 0.150. The van der Waals surface area contributed by atoms with Gasteiger partial charge in [-0.2, -0.15) is 0 Å². The third-order valence-electron chi connectivity index (χ3n) is 6.88. The zero-order chi connectivity index (χ0) is 24.1. The van der Waals surface area contributed by atoms with E-state index in [9.17, 15) is 9.90 Å². The first-order chi connectivity index (χ1) is 16.4. The van der Waals surface area contributed by atoms with Gasteiger partial charge in [0.2, 0.25) is 0 Å². The summed E-state index contributed by atoms with van der Waals surface area (Å²) in [5, 5.41) is 16.3. The number of halogens is 2. The van der Waals surface area contributed by atoms with E-state index in [0.29, 0.717) is 41.0 Å². The summed E-state index contributed by atoms with van der Waals surface area (Å²) in [7, 11) is 1.48. The van der Waals surface area contributed by atoms with Crippen molar-refractivity contribution in [2.75, 3.05) is 32.1 Å². The predicted molar refractivity (Wildman–Crippen MR) is 130 cm³/mol. The summed E-state index contributed by atoms with van der Waals surface area (Å²) in [6.45, 7) is 2.31. The fourth-order valence-corrected chi connectivity index (χ4v) is 5.14. The van der Waals surface area contributed by atoms with Gasteiger partial charge in [-0.3, -0.25) is 4.98 Å². The molecule has 1 aliphatic carbocycles. The van der Waals surface area contributed by atoms with Gasteiger partial charge in [0, 0.05) is 48.4 Å². The van der Waals surface area contributed by atoms with Gasteiger partial charge in [-0.1, -0.05) is 11.6 Å². The second kappa shape index (κ2) is 11.3. The monoisotopic (exact) mass is 490 g/mol. The van der Waals surface area contributed by atoms with E-state index < -0.39 is 5.82 Å². The zero-order valence-corrected chi connectivity index (χ0v) is 20.1. The lowest BCUT2D eigenvalue weighted by Crippen LogP contribution is -2.52. The summed E-state index contributed by atoms with van der Waals surface area (Å²) in [4.78, 5) is 19.4. The molecule has 9 heteroatoms. The molecule has 0 spiro atoms. The van der Waals surface area contributed by atoms with Gasteiger partial charge in [0.25, 0.3) is 0 Å².